The number of amides is 1. The molecule has 0 radical (unpaired) electrons. The molecule has 2 heterocycles. The van der Waals surface area contributed by atoms with Crippen LogP contribution in [0.1, 0.15) is 12.1 Å². The number of fused-ring (bicyclic) bond motifs is 1. The van der Waals surface area contributed by atoms with Gasteiger partial charge in [0.15, 0.2) is 11.6 Å². The molecule has 0 bridgehead atoms. The summed E-state index contributed by atoms with van der Waals surface area (Å²) in [5.74, 6) is 1.02. The van der Waals surface area contributed by atoms with Crippen molar-refractivity contribution in [2.75, 3.05) is 30.3 Å². The molecule has 0 aliphatic heterocycles. The number of rotatable bonds is 9. The molecule has 0 spiro atoms. The Morgan fingerprint density at radius 3 is 2.59 bits per heavy atom. The van der Waals surface area contributed by atoms with Gasteiger partial charge in [-0.1, -0.05) is 36.4 Å². The van der Waals surface area contributed by atoms with Crippen LogP contribution in [0.4, 0.5) is 11.6 Å². The normalized spacial score (nSPS) is 10.9. The standard InChI is InChI=1S/C23H25N7O2/c1-16-14-20(29-30(16)17-8-3-2-4-9-17)26-21(31)15-24-12-7-13-25-22-18-10-5-6-11-19(18)23(32)28-27-22/h2-6,8-11,14,24H,7,12-13,15H2,1H3,(H,25,27)(H,28,32)(H,26,29,31). The molecule has 0 saturated heterocycles. The van der Waals surface area contributed by atoms with E-state index in [0.717, 1.165) is 23.2 Å². The van der Waals surface area contributed by atoms with Crippen LogP contribution >= 0.6 is 0 Å². The molecule has 9 nitrogen and oxygen atoms in total. The summed E-state index contributed by atoms with van der Waals surface area (Å²) in [7, 11) is 0. The van der Waals surface area contributed by atoms with Gasteiger partial charge in [-0.05, 0) is 38.1 Å². The summed E-state index contributed by atoms with van der Waals surface area (Å²) in [5.41, 5.74) is 1.68. The van der Waals surface area contributed by atoms with E-state index in [2.05, 4.69) is 31.2 Å². The van der Waals surface area contributed by atoms with Crippen molar-refractivity contribution in [3.05, 3.63) is 76.7 Å². The van der Waals surface area contributed by atoms with Crippen LogP contribution in [0.2, 0.25) is 0 Å². The maximum absolute atomic E-state index is 12.2. The summed E-state index contributed by atoms with van der Waals surface area (Å²) < 4.78 is 1.79. The zero-order valence-electron chi connectivity index (χ0n) is 17.8. The average molecular weight is 432 g/mol. The second-order valence-corrected chi connectivity index (χ2v) is 7.37. The van der Waals surface area contributed by atoms with E-state index in [9.17, 15) is 9.59 Å². The van der Waals surface area contributed by atoms with Crippen LogP contribution in [0, 0.1) is 6.92 Å². The second-order valence-electron chi connectivity index (χ2n) is 7.37. The van der Waals surface area contributed by atoms with Crippen molar-refractivity contribution in [2.45, 2.75) is 13.3 Å². The van der Waals surface area contributed by atoms with Crippen LogP contribution in [0.5, 0.6) is 0 Å². The molecule has 0 fully saturated rings. The van der Waals surface area contributed by atoms with Crippen LogP contribution in [-0.4, -0.2) is 45.5 Å². The summed E-state index contributed by atoms with van der Waals surface area (Å²) in [5, 5.41) is 21.6. The molecule has 32 heavy (non-hydrogen) atoms. The number of H-pyrrole nitrogens is 1. The summed E-state index contributed by atoms with van der Waals surface area (Å²) in [4.78, 5) is 24.1. The lowest BCUT2D eigenvalue weighted by atomic mass is 10.2. The minimum Gasteiger partial charge on any atom is -0.368 e. The van der Waals surface area contributed by atoms with Gasteiger partial charge in [-0.3, -0.25) is 9.59 Å². The Kier molecular flexibility index (Phi) is 6.57. The molecule has 2 aromatic carbocycles. The number of anilines is 2. The van der Waals surface area contributed by atoms with Gasteiger partial charge in [-0.2, -0.15) is 5.10 Å². The smallest absolute Gasteiger partial charge is 0.272 e. The van der Waals surface area contributed by atoms with Gasteiger partial charge in [0, 0.05) is 23.7 Å². The summed E-state index contributed by atoms with van der Waals surface area (Å²) in [6.45, 7) is 3.44. The average Bonchev–Trinajstić information content (AvgIpc) is 3.18. The molecule has 4 aromatic rings. The maximum atomic E-state index is 12.2. The molecule has 164 valence electrons. The number of hydrogen-bond acceptors (Lipinski definition) is 6. The Balaban J connectivity index is 1.20. The Labute approximate surface area is 184 Å². The quantitative estimate of drug-likeness (QED) is 0.303. The molecule has 4 N–H and O–H groups in total. The first-order valence-corrected chi connectivity index (χ1v) is 10.5. The largest absolute Gasteiger partial charge is 0.368 e. The summed E-state index contributed by atoms with van der Waals surface area (Å²) >= 11 is 0. The van der Waals surface area contributed by atoms with Crippen LogP contribution in [0.15, 0.2) is 65.5 Å². The number of carbonyl (C=O) groups is 1. The van der Waals surface area contributed by atoms with E-state index >= 15 is 0 Å². The van der Waals surface area contributed by atoms with Crippen molar-refractivity contribution in [2.24, 2.45) is 0 Å². The number of aromatic amines is 1. The van der Waals surface area contributed by atoms with E-state index < -0.39 is 0 Å². The van der Waals surface area contributed by atoms with Gasteiger partial charge >= 0.3 is 0 Å². The molecule has 2 aromatic heterocycles. The molecule has 4 rings (SSSR count). The third-order valence-electron chi connectivity index (χ3n) is 4.96. The fourth-order valence-electron chi connectivity index (χ4n) is 3.42. The highest BCUT2D eigenvalue weighted by Gasteiger charge is 2.09. The number of hydrogen-bond donors (Lipinski definition) is 4. The highest BCUT2D eigenvalue weighted by atomic mass is 16.2. The number of para-hydroxylation sites is 1. The SMILES string of the molecule is Cc1cc(NC(=O)CNCCCNc2n[nH]c(=O)c3ccccc23)nn1-c1ccccc1. The first kappa shape index (κ1) is 21.3. The molecule has 0 saturated carbocycles. The van der Waals surface area contributed by atoms with Crippen LogP contribution in [-0.2, 0) is 4.79 Å². The zero-order chi connectivity index (χ0) is 22.3. The van der Waals surface area contributed by atoms with Crippen molar-refractivity contribution in [1.29, 1.82) is 0 Å². The first-order valence-electron chi connectivity index (χ1n) is 10.5. The Bertz CT molecular complexity index is 1260. The highest BCUT2D eigenvalue weighted by Crippen LogP contribution is 2.16. The second kappa shape index (κ2) is 9.88. The van der Waals surface area contributed by atoms with Gasteiger partial charge in [-0.15, -0.1) is 5.10 Å². The summed E-state index contributed by atoms with van der Waals surface area (Å²) in [6.07, 6.45) is 0.782. The van der Waals surface area contributed by atoms with Crippen LogP contribution in [0.3, 0.4) is 0 Å². The van der Waals surface area contributed by atoms with E-state index in [4.69, 9.17) is 0 Å². The Hall–Kier alpha value is -3.98. The van der Waals surface area contributed by atoms with Crippen molar-refractivity contribution in [3.8, 4) is 5.69 Å². The zero-order valence-corrected chi connectivity index (χ0v) is 17.8. The number of aromatic nitrogens is 4. The number of nitrogens with one attached hydrogen (secondary N) is 4. The van der Waals surface area contributed by atoms with Crippen molar-refractivity contribution in [1.82, 2.24) is 25.3 Å². The lowest BCUT2D eigenvalue weighted by Gasteiger charge is -2.08. The lowest BCUT2D eigenvalue weighted by Crippen LogP contribution is -2.29. The summed E-state index contributed by atoms with van der Waals surface area (Å²) in [6, 6.07) is 18.9. The van der Waals surface area contributed by atoms with Crippen molar-refractivity contribution >= 4 is 28.3 Å². The predicted octanol–water partition coefficient (Wildman–Crippen LogP) is 2.45. The predicted molar refractivity (Wildman–Crippen MR) is 125 cm³/mol. The van der Waals surface area contributed by atoms with E-state index in [0.29, 0.717) is 30.1 Å². The fraction of sp³-hybridized carbons (Fsp3) is 0.217. The van der Waals surface area contributed by atoms with E-state index in [1.54, 1.807) is 10.7 Å². The maximum Gasteiger partial charge on any atom is 0.272 e. The fourth-order valence-corrected chi connectivity index (χ4v) is 3.42. The number of nitrogens with zero attached hydrogens (tertiary/aromatic N) is 3. The monoisotopic (exact) mass is 431 g/mol. The van der Waals surface area contributed by atoms with Gasteiger partial charge in [0.2, 0.25) is 5.91 Å². The molecule has 0 aliphatic rings. The van der Waals surface area contributed by atoms with E-state index in [-0.39, 0.29) is 18.0 Å². The van der Waals surface area contributed by atoms with Gasteiger partial charge in [0.05, 0.1) is 17.6 Å². The molecule has 0 aliphatic carbocycles. The van der Waals surface area contributed by atoms with Crippen molar-refractivity contribution < 1.29 is 4.79 Å². The van der Waals surface area contributed by atoms with Gasteiger partial charge in [0.1, 0.15) is 0 Å². The van der Waals surface area contributed by atoms with E-state index in [1.807, 2.05) is 61.5 Å². The third-order valence-corrected chi connectivity index (χ3v) is 4.96. The van der Waals surface area contributed by atoms with Crippen LogP contribution < -0.4 is 21.5 Å². The topological polar surface area (TPSA) is 117 Å². The minimum atomic E-state index is -0.206. The third kappa shape index (κ3) is 5.01. The number of benzene rings is 2. The lowest BCUT2D eigenvalue weighted by molar-refractivity contribution is -0.115. The number of carbonyl (C=O) groups excluding carboxylic acids is 1. The number of aryl methyl sites for hydroxylation is 1. The molecule has 0 unspecified atom stereocenters. The van der Waals surface area contributed by atoms with Gasteiger partial charge < -0.3 is 16.0 Å². The molecular weight excluding hydrogens is 406 g/mol. The Morgan fingerprint density at radius 1 is 1.03 bits per heavy atom. The highest BCUT2D eigenvalue weighted by molar-refractivity contribution is 5.91. The first-order chi connectivity index (χ1) is 15.6. The van der Waals surface area contributed by atoms with Gasteiger partial charge in [-0.25, -0.2) is 9.78 Å². The van der Waals surface area contributed by atoms with Gasteiger partial charge in [0.25, 0.3) is 5.56 Å². The van der Waals surface area contributed by atoms with Crippen molar-refractivity contribution in [3.63, 3.8) is 0 Å². The van der Waals surface area contributed by atoms with Crippen LogP contribution in [0.25, 0.3) is 16.5 Å². The molecule has 1 amide bonds. The molecular formula is C23H25N7O2. The molecule has 0 atom stereocenters. The molecule has 9 heteroatoms. The minimum absolute atomic E-state index is 0.149. The Morgan fingerprint density at radius 2 is 1.78 bits per heavy atom. The van der Waals surface area contributed by atoms with E-state index in [1.165, 1.54) is 0 Å².